The molecule has 3 aliphatic rings. The number of fused-ring (bicyclic) bond motifs is 1. The van der Waals surface area contributed by atoms with Crippen LogP contribution < -0.4 is 4.74 Å². The van der Waals surface area contributed by atoms with Gasteiger partial charge in [0.25, 0.3) is 5.91 Å². The van der Waals surface area contributed by atoms with Crippen molar-refractivity contribution in [2.24, 2.45) is 11.8 Å². The molecule has 0 unspecified atom stereocenters. The van der Waals surface area contributed by atoms with E-state index < -0.39 is 17.7 Å². The van der Waals surface area contributed by atoms with Crippen molar-refractivity contribution in [3.05, 3.63) is 23.4 Å². The molecule has 0 aromatic carbocycles. The number of nitrogens with zero attached hydrogens (tertiary/aromatic N) is 3. The molecule has 1 saturated heterocycles. The summed E-state index contributed by atoms with van der Waals surface area (Å²) in [4.78, 5) is 34.4. The number of hydrogen-bond acceptors (Lipinski definition) is 7. The van der Waals surface area contributed by atoms with Gasteiger partial charge in [-0.25, -0.2) is 4.98 Å². The number of carbonyl (C=O) groups is 2. The van der Waals surface area contributed by atoms with Crippen molar-refractivity contribution in [2.45, 2.75) is 70.1 Å². The van der Waals surface area contributed by atoms with Crippen LogP contribution in [-0.4, -0.2) is 94.5 Å². The SMILES string of the molecule is C[C@@H]1CN([C@H](C)CO)C(=O)c2cc(C#CC3(O)CCCC3)cnc2O[C@H]1CN(C)C(=O)C1CCOCC1. The van der Waals surface area contributed by atoms with Gasteiger partial charge in [0, 0.05) is 50.4 Å². The van der Waals surface area contributed by atoms with Gasteiger partial charge in [0.15, 0.2) is 0 Å². The van der Waals surface area contributed by atoms with Crippen LogP contribution in [0.15, 0.2) is 12.3 Å². The number of pyridine rings is 1. The summed E-state index contributed by atoms with van der Waals surface area (Å²) in [6, 6.07) is 1.24. The Balaban J connectivity index is 1.61. The molecular weight excluding hydrogens is 474 g/mol. The molecule has 2 N–H and O–H groups in total. The highest BCUT2D eigenvalue weighted by Crippen LogP contribution is 2.30. The zero-order valence-electron chi connectivity index (χ0n) is 22.1. The van der Waals surface area contributed by atoms with E-state index in [-0.39, 0.29) is 41.7 Å². The standard InChI is InChI=1S/C28H39N3O6/c1-19-16-31(20(2)18-32)27(34)23-14-21(6-11-28(35)9-4-5-10-28)15-29-25(23)37-24(19)17-30(3)26(33)22-7-12-36-13-8-22/h14-15,19-20,22,24,32,35H,4-5,7-10,12-13,16-18H2,1-3H3/t19-,20-,24+/m1/s1. The number of hydrogen-bond donors (Lipinski definition) is 2. The fraction of sp³-hybridized carbons (Fsp3) is 0.679. The molecule has 9 nitrogen and oxygen atoms in total. The first-order valence-corrected chi connectivity index (χ1v) is 13.4. The summed E-state index contributed by atoms with van der Waals surface area (Å²) in [5.41, 5.74) is -0.213. The zero-order valence-corrected chi connectivity index (χ0v) is 22.1. The van der Waals surface area contributed by atoms with Crippen LogP contribution in [0.3, 0.4) is 0 Å². The number of likely N-dealkylation sites (N-methyl/N-ethyl adjacent to an activating group) is 1. The predicted molar refractivity (Wildman–Crippen MR) is 137 cm³/mol. The summed E-state index contributed by atoms with van der Waals surface area (Å²) in [5, 5.41) is 20.5. The van der Waals surface area contributed by atoms with Crippen LogP contribution in [0, 0.1) is 23.7 Å². The summed E-state index contributed by atoms with van der Waals surface area (Å²) in [5.74, 6) is 5.75. The molecule has 0 bridgehead atoms. The third-order valence-electron chi connectivity index (χ3n) is 7.79. The maximum absolute atomic E-state index is 13.6. The number of aromatic nitrogens is 1. The van der Waals surface area contributed by atoms with E-state index in [1.54, 1.807) is 36.0 Å². The fourth-order valence-electron chi connectivity index (χ4n) is 5.28. The van der Waals surface area contributed by atoms with Gasteiger partial charge in [-0.05, 0) is 51.5 Å². The molecular formula is C28H39N3O6. The highest BCUT2D eigenvalue weighted by molar-refractivity contribution is 5.97. The number of aliphatic hydroxyl groups excluding tert-OH is 1. The second-order valence-electron chi connectivity index (χ2n) is 10.8. The molecule has 0 spiro atoms. The summed E-state index contributed by atoms with van der Waals surface area (Å²) >= 11 is 0. The Morgan fingerprint density at radius 3 is 2.70 bits per heavy atom. The molecule has 2 amide bonds. The van der Waals surface area contributed by atoms with Gasteiger partial charge in [-0.1, -0.05) is 18.8 Å². The van der Waals surface area contributed by atoms with Crippen LogP contribution in [0.25, 0.3) is 0 Å². The topological polar surface area (TPSA) is 112 Å². The lowest BCUT2D eigenvalue weighted by Gasteiger charge is -2.38. The highest BCUT2D eigenvalue weighted by Gasteiger charge is 2.36. The summed E-state index contributed by atoms with van der Waals surface area (Å²) in [6.07, 6.45) is 5.74. The quantitative estimate of drug-likeness (QED) is 0.578. The average molecular weight is 514 g/mol. The average Bonchev–Trinajstić information content (AvgIpc) is 3.35. The van der Waals surface area contributed by atoms with E-state index in [0.29, 0.717) is 57.6 Å². The molecule has 37 heavy (non-hydrogen) atoms. The molecule has 202 valence electrons. The molecule has 9 heteroatoms. The molecule has 2 fully saturated rings. The van der Waals surface area contributed by atoms with E-state index >= 15 is 0 Å². The van der Waals surface area contributed by atoms with Gasteiger partial charge in [-0.15, -0.1) is 0 Å². The number of rotatable bonds is 5. The third kappa shape index (κ3) is 6.43. The van der Waals surface area contributed by atoms with E-state index in [1.165, 1.54) is 0 Å². The van der Waals surface area contributed by atoms with Gasteiger partial charge in [0.05, 0.1) is 19.2 Å². The minimum absolute atomic E-state index is 0.0590. The van der Waals surface area contributed by atoms with Crippen LogP contribution in [0.4, 0.5) is 0 Å². The molecule has 2 aliphatic heterocycles. The van der Waals surface area contributed by atoms with Gasteiger partial charge < -0.3 is 29.5 Å². The maximum atomic E-state index is 13.6. The van der Waals surface area contributed by atoms with Gasteiger partial charge >= 0.3 is 0 Å². The summed E-state index contributed by atoms with van der Waals surface area (Å²) in [7, 11) is 1.78. The molecule has 3 atom stereocenters. The highest BCUT2D eigenvalue weighted by atomic mass is 16.5. The van der Waals surface area contributed by atoms with Crippen LogP contribution in [-0.2, 0) is 9.53 Å². The Morgan fingerprint density at radius 2 is 2.03 bits per heavy atom. The lowest BCUT2D eigenvalue weighted by atomic mass is 9.97. The van der Waals surface area contributed by atoms with E-state index in [4.69, 9.17) is 9.47 Å². The van der Waals surface area contributed by atoms with Crippen molar-refractivity contribution in [1.29, 1.82) is 0 Å². The van der Waals surface area contributed by atoms with Gasteiger partial charge in [0.2, 0.25) is 11.8 Å². The first-order chi connectivity index (χ1) is 17.7. The minimum atomic E-state index is -0.996. The van der Waals surface area contributed by atoms with Gasteiger partial charge in [0.1, 0.15) is 17.3 Å². The van der Waals surface area contributed by atoms with Crippen molar-refractivity contribution in [3.63, 3.8) is 0 Å². The Bertz CT molecular complexity index is 1040. The Morgan fingerprint density at radius 1 is 1.32 bits per heavy atom. The first-order valence-electron chi connectivity index (χ1n) is 13.4. The van der Waals surface area contributed by atoms with Crippen molar-refractivity contribution in [3.8, 4) is 17.7 Å². The number of carbonyl (C=O) groups excluding carboxylic acids is 2. The van der Waals surface area contributed by atoms with Crippen molar-refractivity contribution < 1.29 is 29.3 Å². The molecule has 1 aromatic heterocycles. The minimum Gasteiger partial charge on any atom is -0.472 e. The number of aliphatic hydroxyl groups is 2. The predicted octanol–water partition coefficient (Wildman–Crippen LogP) is 1.84. The monoisotopic (exact) mass is 513 g/mol. The van der Waals surface area contributed by atoms with Crippen molar-refractivity contribution in [2.75, 3.05) is 40.0 Å². The zero-order chi connectivity index (χ0) is 26.6. The van der Waals surface area contributed by atoms with Crippen LogP contribution in [0.2, 0.25) is 0 Å². The van der Waals surface area contributed by atoms with Crippen LogP contribution >= 0.6 is 0 Å². The van der Waals surface area contributed by atoms with Gasteiger partial charge in [-0.3, -0.25) is 9.59 Å². The Hall–Kier alpha value is -2.67. The maximum Gasteiger partial charge on any atom is 0.259 e. The molecule has 4 rings (SSSR count). The van der Waals surface area contributed by atoms with Crippen molar-refractivity contribution in [1.82, 2.24) is 14.8 Å². The normalized spacial score (nSPS) is 24.7. The van der Waals surface area contributed by atoms with E-state index in [0.717, 1.165) is 12.8 Å². The molecule has 3 heterocycles. The molecule has 1 saturated carbocycles. The molecule has 0 radical (unpaired) electrons. The summed E-state index contributed by atoms with van der Waals surface area (Å²) < 4.78 is 11.7. The largest absolute Gasteiger partial charge is 0.472 e. The fourth-order valence-corrected chi connectivity index (χ4v) is 5.28. The lowest BCUT2D eigenvalue weighted by Crippen LogP contribution is -2.51. The Labute approximate surface area is 219 Å². The molecule has 1 aromatic rings. The van der Waals surface area contributed by atoms with E-state index in [2.05, 4.69) is 16.8 Å². The van der Waals surface area contributed by atoms with Crippen LogP contribution in [0.5, 0.6) is 5.88 Å². The van der Waals surface area contributed by atoms with Crippen LogP contribution in [0.1, 0.15) is 68.3 Å². The van der Waals surface area contributed by atoms with E-state index in [1.807, 2.05) is 6.92 Å². The van der Waals surface area contributed by atoms with E-state index in [9.17, 15) is 19.8 Å². The third-order valence-corrected chi connectivity index (χ3v) is 7.79. The second kappa shape index (κ2) is 11.8. The Kier molecular flexibility index (Phi) is 8.73. The number of amides is 2. The van der Waals surface area contributed by atoms with Gasteiger partial charge in [-0.2, -0.15) is 0 Å². The number of ether oxygens (including phenoxy) is 2. The second-order valence-corrected chi connectivity index (χ2v) is 10.8. The van der Waals surface area contributed by atoms with Crippen molar-refractivity contribution >= 4 is 11.8 Å². The smallest absolute Gasteiger partial charge is 0.259 e. The lowest BCUT2D eigenvalue weighted by molar-refractivity contribution is -0.138. The summed E-state index contributed by atoms with van der Waals surface area (Å²) in [6.45, 7) is 5.50. The molecule has 1 aliphatic carbocycles. The first kappa shape index (κ1) is 27.4.